The molecule has 0 bridgehead atoms. The Balaban J connectivity index is 1.68. The molecule has 2 aliphatic heterocycles. The Kier molecular flexibility index (Phi) is 5.51. The summed E-state index contributed by atoms with van der Waals surface area (Å²) in [6, 6.07) is 0. The number of likely N-dealkylation sites (tertiary alicyclic amines) is 1. The molecule has 1 aromatic heterocycles. The largest absolute Gasteiger partial charge is 0.471 e. The fourth-order valence-corrected chi connectivity index (χ4v) is 5.06. The highest BCUT2D eigenvalue weighted by molar-refractivity contribution is 6.99. The van der Waals surface area contributed by atoms with E-state index in [1.54, 1.807) is 0 Å². The number of rotatable bonds is 3. The number of piperidine rings is 1. The summed E-state index contributed by atoms with van der Waals surface area (Å²) in [6.45, 7) is 20.1. The first-order valence-corrected chi connectivity index (χ1v) is 10.9. The van der Waals surface area contributed by atoms with E-state index < -0.39 is 0 Å². The Labute approximate surface area is 169 Å². The molecule has 0 saturated carbocycles. The van der Waals surface area contributed by atoms with Crippen LogP contribution in [-0.2, 0) is 0 Å². The molecule has 27 heavy (non-hydrogen) atoms. The molecular weight excluding hydrogens is 358 g/mol. The lowest BCUT2D eigenvalue weighted by molar-refractivity contribution is -0.0564. The third-order valence-electron chi connectivity index (χ3n) is 6.52. The van der Waals surface area contributed by atoms with Crippen molar-refractivity contribution >= 4 is 17.5 Å². The molecule has 0 spiro atoms. The molecule has 6 nitrogen and oxygen atoms in total. The molecule has 154 valence electrons. The van der Waals surface area contributed by atoms with E-state index in [0.29, 0.717) is 0 Å². The minimum absolute atomic E-state index is 0.106. The molecule has 2 saturated heterocycles. The Bertz CT molecular complexity index is 625. The molecule has 2 fully saturated rings. The standard InChI is InChI=1S/C20H37N5OS/c1-18(2,3)25-11-9-24(10-12-25)16-17(22-27-21-16)26-15-13-19(4,5)23(8)20(6,7)14-15/h15H,9-14H2,1-8H3. The smallest absolute Gasteiger partial charge is 0.271 e. The number of aromatic nitrogens is 2. The van der Waals surface area contributed by atoms with Gasteiger partial charge in [0.2, 0.25) is 5.82 Å². The summed E-state index contributed by atoms with van der Waals surface area (Å²) >= 11 is 1.26. The van der Waals surface area contributed by atoms with Gasteiger partial charge in [-0.25, -0.2) is 0 Å². The number of nitrogens with zero attached hydrogens (tertiary/aromatic N) is 5. The minimum Gasteiger partial charge on any atom is -0.471 e. The predicted octanol–water partition coefficient (Wildman–Crippen LogP) is 3.49. The average Bonchev–Trinajstić information content (AvgIpc) is 2.99. The average molecular weight is 396 g/mol. The van der Waals surface area contributed by atoms with Crippen molar-refractivity contribution in [3.63, 3.8) is 0 Å². The molecule has 0 aromatic carbocycles. The molecule has 0 unspecified atom stereocenters. The number of hydrogen-bond acceptors (Lipinski definition) is 7. The van der Waals surface area contributed by atoms with Gasteiger partial charge in [-0.1, -0.05) is 0 Å². The molecule has 3 heterocycles. The van der Waals surface area contributed by atoms with Crippen molar-refractivity contribution in [2.45, 2.75) is 84.0 Å². The van der Waals surface area contributed by atoms with Crippen LogP contribution in [0.15, 0.2) is 0 Å². The normalized spacial score (nSPS) is 25.0. The summed E-state index contributed by atoms with van der Waals surface area (Å²) < 4.78 is 15.5. The molecule has 0 amide bonds. The zero-order chi connectivity index (χ0) is 20.0. The van der Waals surface area contributed by atoms with Crippen LogP contribution in [-0.4, -0.2) is 74.5 Å². The highest BCUT2D eigenvalue weighted by atomic mass is 32.1. The first-order chi connectivity index (χ1) is 12.4. The van der Waals surface area contributed by atoms with Crippen molar-refractivity contribution in [2.24, 2.45) is 0 Å². The summed E-state index contributed by atoms with van der Waals surface area (Å²) in [5.41, 5.74) is 0.430. The SMILES string of the molecule is CN1C(C)(C)CC(Oc2nsnc2N2CCN(C(C)(C)C)CC2)CC1(C)C. The van der Waals surface area contributed by atoms with Crippen molar-refractivity contribution in [2.75, 3.05) is 38.1 Å². The van der Waals surface area contributed by atoms with E-state index in [2.05, 4.69) is 79.0 Å². The summed E-state index contributed by atoms with van der Waals surface area (Å²) in [4.78, 5) is 7.35. The van der Waals surface area contributed by atoms with Gasteiger partial charge in [0.05, 0.1) is 11.7 Å². The van der Waals surface area contributed by atoms with Gasteiger partial charge in [-0.15, -0.1) is 4.37 Å². The maximum absolute atomic E-state index is 6.45. The van der Waals surface area contributed by atoms with E-state index in [1.807, 2.05) is 0 Å². The van der Waals surface area contributed by atoms with Crippen molar-refractivity contribution in [3.8, 4) is 5.88 Å². The highest BCUT2D eigenvalue weighted by Crippen LogP contribution is 2.39. The van der Waals surface area contributed by atoms with E-state index in [1.165, 1.54) is 11.7 Å². The number of hydrogen-bond donors (Lipinski definition) is 0. The fraction of sp³-hybridized carbons (Fsp3) is 0.900. The molecule has 0 aliphatic carbocycles. The number of anilines is 1. The molecular formula is C20H37N5OS. The summed E-state index contributed by atoms with van der Waals surface area (Å²) in [5, 5.41) is 0. The number of ether oxygens (including phenoxy) is 1. The van der Waals surface area contributed by atoms with Gasteiger partial charge in [0.15, 0.2) is 0 Å². The lowest BCUT2D eigenvalue weighted by atomic mass is 9.79. The second-order valence-corrected chi connectivity index (χ2v) is 10.9. The zero-order valence-electron chi connectivity index (χ0n) is 18.4. The van der Waals surface area contributed by atoms with Gasteiger partial charge in [0, 0.05) is 55.6 Å². The summed E-state index contributed by atoms with van der Waals surface area (Å²) in [6.07, 6.45) is 2.17. The lowest BCUT2D eigenvalue weighted by Gasteiger charge is -2.53. The molecule has 0 atom stereocenters. The van der Waals surface area contributed by atoms with Crippen LogP contribution in [0.2, 0.25) is 0 Å². The predicted molar refractivity (Wildman–Crippen MR) is 113 cm³/mol. The van der Waals surface area contributed by atoms with Crippen molar-refractivity contribution in [1.29, 1.82) is 0 Å². The monoisotopic (exact) mass is 395 g/mol. The van der Waals surface area contributed by atoms with Crippen LogP contribution in [0.4, 0.5) is 5.82 Å². The van der Waals surface area contributed by atoms with Crippen molar-refractivity contribution in [1.82, 2.24) is 18.5 Å². The van der Waals surface area contributed by atoms with E-state index >= 15 is 0 Å². The Morgan fingerprint density at radius 3 is 2.04 bits per heavy atom. The molecule has 2 aliphatic rings. The molecule has 7 heteroatoms. The third-order valence-corrected chi connectivity index (χ3v) is 7.02. The highest BCUT2D eigenvalue weighted by Gasteiger charge is 2.44. The number of piperazine rings is 1. The van der Waals surface area contributed by atoms with Gasteiger partial charge in [0.25, 0.3) is 5.88 Å². The topological polar surface area (TPSA) is 44.7 Å². The van der Waals surface area contributed by atoms with E-state index in [4.69, 9.17) is 4.74 Å². The van der Waals surface area contributed by atoms with Gasteiger partial charge in [-0.3, -0.25) is 9.80 Å². The van der Waals surface area contributed by atoms with E-state index in [9.17, 15) is 0 Å². The molecule has 0 N–H and O–H groups in total. The molecule has 3 rings (SSSR count). The molecule has 0 radical (unpaired) electrons. The van der Waals surface area contributed by atoms with Crippen LogP contribution in [0.1, 0.15) is 61.3 Å². The van der Waals surface area contributed by atoms with Crippen LogP contribution < -0.4 is 9.64 Å². The lowest BCUT2D eigenvalue weighted by Crippen LogP contribution is -2.60. The fourth-order valence-electron chi connectivity index (χ4n) is 4.55. The van der Waals surface area contributed by atoms with Gasteiger partial charge in [-0.2, -0.15) is 4.37 Å². The maximum atomic E-state index is 6.45. The molecule has 1 aromatic rings. The van der Waals surface area contributed by atoms with Crippen LogP contribution in [0.3, 0.4) is 0 Å². The second-order valence-electron chi connectivity index (χ2n) is 10.4. The van der Waals surface area contributed by atoms with Gasteiger partial charge in [0.1, 0.15) is 6.10 Å². The quantitative estimate of drug-likeness (QED) is 0.781. The van der Waals surface area contributed by atoms with Crippen molar-refractivity contribution in [3.05, 3.63) is 0 Å². The Morgan fingerprint density at radius 2 is 1.52 bits per heavy atom. The van der Waals surface area contributed by atoms with Crippen LogP contribution in [0.25, 0.3) is 0 Å². The first-order valence-electron chi connectivity index (χ1n) is 10.1. The van der Waals surface area contributed by atoms with Crippen LogP contribution in [0, 0.1) is 0 Å². The van der Waals surface area contributed by atoms with Crippen LogP contribution >= 0.6 is 11.7 Å². The Hall–Kier alpha value is -0.920. The van der Waals surface area contributed by atoms with Crippen molar-refractivity contribution < 1.29 is 4.74 Å². The second kappa shape index (κ2) is 7.16. The summed E-state index contributed by atoms with van der Waals surface area (Å²) in [5.74, 6) is 1.66. The van der Waals surface area contributed by atoms with Gasteiger partial charge >= 0.3 is 0 Å². The zero-order valence-corrected chi connectivity index (χ0v) is 19.2. The maximum Gasteiger partial charge on any atom is 0.271 e. The minimum atomic E-state index is 0.106. The van der Waals surface area contributed by atoms with E-state index in [0.717, 1.165) is 50.7 Å². The first kappa shape index (κ1) is 20.8. The third kappa shape index (κ3) is 4.40. The van der Waals surface area contributed by atoms with E-state index in [-0.39, 0.29) is 22.7 Å². The summed E-state index contributed by atoms with van der Waals surface area (Å²) in [7, 11) is 2.22. The van der Waals surface area contributed by atoms with Gasteiger partial charge in [-0.05, 0) is 55.5 Å². The van der Waals surface area contributed by atoms with Gasteiger partial charge < -0.3 is 9.64 Å². The Morgan fingerprint density at radius 1 is 0.963 bits per heavy atom. The van der Waals surface area contributed by atoms with Crippen LogP contribution in [0.5, 0.6) is 5.88 Å².